The van der Waals surface area contributed by atoms with Crippen molar-refractivity contribution in [1.29, 1.82) is 0 Å². The molecule has 15 heteroatoms. The number of nitrogens with zero attached hydrogens (tertiary/aromatic N) is 3. The van der Waals surface area contributed by atoms with Gasteiger partial charge in [0.1, 0.15) is 22.9 Å². The summed E-state index contributed by atoms with van der Waals surface area (Å²) in [4.78, 5) is 37.4. The minimum absolute atomic E-state index is 0.0587. The highest BCUT2D eigenvalue weighted by Crippen LogP contribution is 2.38. The van der Waals surface area contributed by atoms with E-state index in [0.717, 1.165) is 34.5 Å². The molecule has 0 saturated heterocycles. The molecule has 4 aromatic carbocycles. The van der Waals surface area contributed by atoms with Gasteiger partial charge in [-0.2, -0.15) is 0 Å². The van der Waals surface area contributed by atoms with E-state index in [1.165, 1.54) is 12.1 Å². The summed E-state index contributed by atoms with van der Waals surface area (Å²) in [6.45, 7) is 1.83. The Balaban J connectivity index is 1.36. The number of sulfonamides is 2. The van der Waals surface area contributed by atoms with Crippen LogP contribution in [-0.4, -0.2) is 46.1 Å². The SMILES string of the molecule is Cc1ccc(N(C(=O)CCCCCCCC(=O)N(c2ccc([N+](=O)[O-])cc2Oc2ccccc2)S(C)(=O)=O)S(C)(=O)=O)c(Oc2ccccc2)c1. The van der Waals surface area contributed by atoms with E-state index in [1.54, 1.807) is 66.7 Å². The van der Waals surface area contributed by atoms with Crippen LogP contribution in [0.15, 0.2) is 97.1 Å². The van der Waals surface area contributed by atoms with Gasteiger partial charge in [-0.15, -0.1) is 0 Å². The molecule has 0 radical (unpaired) electrons. The van der Waals surface area contributed by atoms with Crippen LogP contribution in [0.1, 0.15) is 50.5 Å². The van der Waals surface area contributed by atoms with Crippen molar-refractivity contribution in [3.05, 3.63) is 113 Å². The number of non-ortho nitro benzene ring substituents is 1. The quantitative estimate of drug-likeness (QED) is 0.0600. The number of rotatable bonds is 17. The normalized spacial score (nSPS) is 11.4. The molecule has 0 aliphatic rings. The van der Waals surface area contributed by atoms with E-state index in [9.17, 15) is 36.5 Å². The van der Waals surface area contributed by atoms with Crippen LogP contribution in [0.5, 0.6) is 23.0 Å². The van der Waals surface area contributed by atoms with E-state index in [1.807, 2.05) is 13.0 Å². The number of carbonyl (C=O) groups excluding carboxylic acids is 2. The monoisotopic (exact) mass is 737 g/mol. The van der Waals surface area contributed by atoms with Gasteiger partial charge in [0, 0.05) is 18.9 Å². The second-order valence-electron chi connectivity index (χ2n) is 11.8. The summed E-state index contributed by atoms with van der Waals surface area (Å²) in [5.74, 6) is -0.536. The van der Waals surface area contributed by atoms with Gasteiger partial charge in [-0.3, -0.25) is 19.7 Å². The third-order valence-corrected chi connectivity index (χ3v) is 9.67. The van der Waals surface area contributed by atoms with Crippen molar-refractivity contribution < 1.29 is 40.8 Å². The molecule has 0 bridgehead atoms. The Morgan fingerprint density at radius 1 is 0.627 bits per heavy atom. The van der Waals surface area contributed by atoms with Crippen LogP contribution in [0.25, 0.3) is 0 Å². The molecule has 51 heavy (non-hydrogen) atoms. The van der Waals surface area contributed by atoms with Crippen LogP contribution >= 0.6 is 0 Å². The van der Waals surface area contributed by atoms with Gasteiger partial charge in [0.25, 0.3) is 5.69 Å². The first-order valence-corrected chi connectivity index (χ1v) is 19.8. The maximum atomic E-state index is 13.3. The molecule has 0 aliphatic heterocycles. The summed E-state index contributed by atoms with van der Waals surface area (Å²) in [6, 6.07) is 25.3. The number of aryl methyl sites for hydroxylation is 1. The molecule has 4 rings (SSSR count). The molecule has 0 aromatic heterocycles. The number of hydrogen-bond donors (Lipinski definition) is 0. The number of carbonyl (C=O) groups is 2. The summed E-state index contributed by atoms with van der Waals surface area (Å²) >= 11 is 0. The fraction of sp³-hybridized carbons (Fsp3) is 0.278. The fourth-order valence-electron chi connectivity index (χ4n) is 5.25. The summed E-state index contributed by atoms with van der Waals surface area (Å²) in [7, 11) is -8.16. The van der Waals surface area contributed by atoms with Gasteiger partial charge in [0.05, 0.1) is 23.5 Å². The predicted octanol–water partition coefficient (Wildman–Crippen LogP) is 7.50. The molecule has 0 fully saturated rings. The lowest BCUT2D eigenvalue weighted by molar-refractivity contribution is -0.384. The largest absolute Gasteiger partial charge is 0.455 e. The average molecular weight is 738 g/mol. The molecular formula is C36H39N3O10S2. The van der Waals surface area contributed by atoms with Crippen molar-refractivity contribution in [1.82, 2.24) is 0 Å². The van der Waals surface area contributed by atoms with Crippen molar-refractivity contribution in [2.75, 3.05) is 21.1 Å². The van der Waals surface area contributed by atoms with Crippen molar-refractivity contribution in [3.63, 3.8) is 0 Å². The highest BCUT2D eigenvalue weighted by Gasteiger charge is 2.30. The summed E-state index contributed by atoms with van der Waals surface area (Å²) in [6.07, 6.45) is 3.97. The van der Waals surface area contributed by atoms with E-state index in [4.69, 9.17) is 9.47 Å². The average Bonchev–Trinajstić information content (AvgIpc) is 3.06. The van der Waals surface area contributed by atoms with Gasteiger partial charge in [-0.25, -0.2) is 25.4 Å². The molecule has 0 spiro atoms. The Bertz CT molecular complexity index is 2070. The Morgan fingerprint density at radius 2 is 1.04 bits per heavy atom. The van der Waals surface area contributed by atoms with Gasteiger partial charge in [0.15, 0.2) is 11.5 Å². The fourth-order valence-corrected chi connectivity index (χ4v) is 7.19. The lowest BCUT2D eigenvalue weighted by atomic mass is 10.1. The molecule has 0 atom stereocenters. The second kappa shape index (κ2) is 17.1. The molecular weight excluding hydrogens is 699 g/mol. The van der Waals surface area contributed by atoms with Gasteiger partial charge in [-0.1, -0.05) is 61.7 Å². The molecule has 0 aliphatic carbocycles. The van der Waals surface area contributed by atoms with Crippen LogP contribution in [0.4, 0.5) is 17.1 Å². The second-order valence-corrected chi connectivity index (χ2v) is 15.5. The number of nitro groups is 1. The first kappa shape index (κ1) is 38.5. The maximum Gasteiger partial charge on any atom is 0.273 e. The third-order valence-electron chi connectivity index (χ3n) is 7.55. The highest BCUT2D eigenvalue weighted by molar-refractivity contribution is 7.93. The number of benzene rings is 4. The van der Waals surface area contributed by atoms with Gasteiger partial charge < -0.3 is 9.47 Å². The molecule has 0 N–H and O–H groups in total. The van der Waals surface area contributed by atoms with E-state index in [-0.39, 0.29) is 47.2 Å². The summed E-state index contributed by atoms with van der Waals surface area (Å²) in [5, 5.41) is 11.4. The van der Waals surface area contributed by atoms with E-state index >= 15 is 0 Å². The van der Waals surface area contributed by atoms with Crippen LogP contribution in [0, 0.1) is 17.0 Å². The van der Waals surface area contributed by atoms with Crippen LogP contribution in [0.3, 0.4) is 0 Å². The third kappa shape index (κ3) is 10.9. The Labute approximate surface area is 297 Å². The van der Waals surface area contributed by atoms with Gasteiger partial charge >= 0.3 is 0 Å². The molecule has 0 unspecified atom stereocenters. The molecule has 4 aromatic rings. The van der Waals surface area contributed by atoms with Gasteiger partial charge in [-0.05, 0) is 67.8 Å². The first-order chi connectivity index (χ1) is 24.1. The van der Waals surface area contributed by atoms with Crippen LogP contribution in [0.2, 0.25) is 0 Å². The van der Waals surface area contributed by atoms with Crippen molar-refractivity contribution in [2.24, 2.45) is 0 Å². The number of amides is 2. The number of nitro benzene ring substituents is 1. The minimum atomic E-state index is -4.16. The molecule has 0 heterocycles. The van der Waals surface area contributed by atoms with E-state index in [0.29, 0.717) is 42.2 Å². The lowest BCUT2D eigenvalue weighted by Gasteiger charge is -2.23. The number of para-hydroxylation sites is 2. The smallest absolute Gasteiger partial charge is 0.273 e. The molecule has 2 amide bonds. The number of hydrogen-bond acceptors (Lipinski definition) is 10. The maximum absolute atomic E-state index is 13.3. The Hall–Kier alpha value is -5.28. The van der Waals surface area contributed by atoms with Crippen molar-refractivity contribution >= 4 is 48.9 Å². The van der Waals surface area contributed by atoms with Crippen molar-refractivity contribution in [2.45, 2.75) is 51.9 Å². The van der Waals surface area contributed by atoms with Crippen molar-refractivity contribution in [3.8, 4) is 23.0 Å². The van der Waals surface area contributed by atoms with E-state index in [2.05, 4.69) is 0 Å². The molecule has 270 valence electrons. The van der Waals surface area contributed by atoms with Crippen LogP contribution in [-0.2, 0) is 29.6 Å². The Kier molecular flexibility index (Phi) is 12.9. The number of anilines is 2. The van der Waals surface area contributed by atoms with Crippen LogP contribution < -0.4 is 18.1 Å². The first-order valence-electron chi connectivity index (χ1n) is 16.1. The number of ether oxygens (including phenoxy) is 2. The zero-order valence-corrected chi connectivity index (χ0v) is 30.1. The summed E-state index contributed by atoms with van der Waals surface area (Å²) < 4.78 is 64.4. The summed E-state index contributed by atoms with van der Waals surface area (Å²) in [5.41, 5.74) is 0.425. The number of unbranched alkanes of at least 4 members (excludes halogenated alkanes) is 4. The molecule has 13 nitrogen and oxygen atoms in total. The zero-order valence-electron chi connectivity index (χ0n) is 28.4. The van der Waals surface area contributed by atoms with Gasteiger partial charge in [0.2, 0.25) is 31.9 Å². The standard InChI is InChI=1S/C36H39N3O10S2/c1-27-21-23-31(33(25-27)48-29-15-9-7-10-16-29)37(50(2,44)45)35(40)19-13-5-4-6-14-20-36(41)38(51(3,46)47)32-24-22-28(39(42)43)26-34(32)49-30-17-11-8-12-18-30/h7-12,15-18,21-26H,4-6,13-14,19-20H2,1-3H3. The highest BCUT2D eigenvalue weighted by atomic mass is 32.2. The minimum Gasteiger partial charge on any atom is -0.455 e. The lowest BCUT2D eigenvalue weighted by Crippen LogP contribution is -2.36. The Morgan fingerprint density at radius 3 is 1.47 bits per heavy atom. The molecule has 0 saturated carbocycles. The van der Waals surface area contributed by atoms with E-state index < -0.39 is 36.8 Å². The predicted molar refractivity (Wildman–Crippen MR) is 194 cm³/mol. The zero-order chi connectivity index (χ0) is 37.2. The topological polar surface area (TPSA) is 170 Å².